The van der Waals surface area contributed by atoms with E-state index in [0.29, 0.717) is 5.02 Å². The third-order valence-electron chi connectivity index (χ3n) is 2.94. The van der Waals surface area contributed by atoms with Crippen molar-refractivity contribution >= 4 is 40.9 Å². The quantitative estimate of drug-likeness (QED) is 0.781. The van der Waals surface area contributed by atoms with Gasteiger partial charge in [0.25, 0.3) is 0 Å². The molecule has 0 saturated heterocycles. The Bertz CT molecular complexity index is 802. The Labute approximate surface area is 146 Å². The molecule has 0 aromatic heterocycles. The van der Waals surface area contributed by atoms with Crippen LogP contribution in [0, 0.1) is 0 Å². The first-order valence-electron chi connectivity index (χ1n) is 6.97. The van der Waals surface area contributed by atoms with Crippen LogP contribution in [0.1, 0.15) is 5.56 Å². The first kappa shape index (κ1) is 18.5. The molecule has 0 radical (unpaired) electrons. The van der Waals surface area contributed by atoms with E-state index in [0.717, 1.165) is 5.56 Å². The van der Waals surface area contributed by atoms with E-state index >= 15 is 0 Å². The molecule has 2 N–H and O–H groups in total. The van der Waals surface area contributed by atoms with Crippen LogP contribution in [0.2, 0.25) is 5.02 Å². The number of rotatable bonds is 4. The average molecular weight is 369 g/mol. The number of hydrogen-bond acceptors (Lipinski definition) is 2. The lowest BCUT2D eigenvalue weighted by Crippen LogP contribution is -2.29. The first-order chi connectivity index (χ1) is 11.7. The minimum absolute atomic E-state index is 0.0817. The van der Waals surface area contributed by atoms with Crippen molar-refractivity contribution in [1.82, 2.24) is 0 Å². The standard InChI is InChI=1S/C17H12ClF3N2O2/c18-12-7-4-11(5-8-12)6-9-15(24)22-13-2-1-3-14(10-13)23-16(25)17(19,20)21/h1-10H,(H,22,24)(H,23,25)/b9-6+. The molecule has 0 aliphatic rings. The predicted octanol–water partition coefficient (Wildman–Crippen LogP) is 4.49. The van der Waals surface area contributed by atoms with Gasteiger partial charge in [0.2, 0.25) is 5.91 Å². The van der Waals surface area contributed by atoms with E-state index in [1.165, 1.54) is 30.3 Å². The van der Waals surface area contributed by atoms with Crippen LogP contribution in [-0.4, -0.2) is 18.0 Å². The highest BCUT2D eigenvalue weighted by molar-refractivity contribution is 6.30. The van der Waals surface area contributed by atoms with Crippen LogP contribution in [0.5, 0.6) is 0 Å². The van der Waals surface area contributed by atoms with E-state index in [1.54, 1.807) is 35.7 Å². The number of carbonyl (C=O) groups excluding carboxylic acids is 2. The molecule has 2 aromatic rings. The maximum absolute atomic E-state index is 12.2. The molecule has 130 valence electrons. The Hall–Kier alpha value is -2.80. The molecule has 2 aromatic carbocycles. The minimum Gasteiger partial charge on any atom is -0.322 e. The summed E-state index contributed by atoms with van der Waals surface area (Å²) in [5.74, 6) is -2.56. The van der Waals surface area contributed by atoms with Gasteiger partial charge in [0.05, 0.1) is 0 Å². The number of amides is 2. The largest absolute Gasteiger partial charge is 0.471 e. The molecular formula is C17H12ClF3N2O2. The van der Waals surface area contributed by atoms with Gasteiger partial charge in [0, 0.05) is 22.5 Å². The van der Waals surface area contributed by atoms with Crippen LogP contribution in [0.3, 0.4) is 0 Å². The Balaban J connectivity index is 2.00. The van der Waals surface area contributed by atoms with E-state index in [2.05, 4.69) is 5.32 Å². The molecule has 0 saturated carbocycles. The molecule has 25 heavy (non-hydrogen) atoms. The topological polar surface area (TPSA) is 58.2 Å². The second kappa shape index (κ2) is 7.85. The van der Waals surface area contributed by atoms with Gasteiger partial charge in [-0.2, -0.15) is 13.2 Å². The molecule has 2 rings (SSSR count). The van der Waals surface area contributed by atoms with Crippen LogP contribution in [0.15, 0.2) is 54.6 Å². The number of nitrogens with one attached hydrogen (secondary N) is 2. The summed E-state index contributed by atoms with van der Waals surface area (Å²) in [6, 6.07) is 12.2. The molecule has 0 spiro atoms. The Morgan fingerprint density at radius 2 is 1.56 bits per heavy atom. The van der Waals surface area contributed by atoms with Crippen molar-refractivity contribution < 1.29 is 22.8 Å². The lowest BCUT2D eigenvalue weighted by molar-refractivity contribution is -0.167. The number of anilines is 2. The fourth-order valence-electron chi connectivity index (χ4n) is 1.81. The summed E-state index contributed by atoms with van der Waals surface area (Å²) < 4.78 is 36.7. The van der Waals surface area contributed by atoms with Gasteiger partial charge < -0.3 is 10.6 Å². The van der Waals surface area contributed by atoms with Gasteiger partial charge in [-0.25, -0.2) is 0 Å². The van der Waals surface area contributed by atoms with Crippen LogP contribution in [0.4, 0.5) is 24.5 Å². The average Bonchev–Trinajstić information content (AvgIpc) is 2.54. The molecule has 0 aliphatic carbocycles. The molecule has 0 atom stereocenters. The third-order valence-corrected chi connectivity index (χ3v) is 3.19. The summed E-state index contributed by atoms with van der Waals surface area (Å²) in [6.07, 6.45) is -2.16. The Kier molecular flexibility index (Phi) is 5.82. The Morgan fingerprint density at radius 3 is 2.16 bits per heavy atom. The highest BCUT2D eigenvalue weighted by atomic mass is 35.5. The van der Waals surface area contributed by atoms with Gasteiger partial charge in [0.1, 0.15) is 0 Å². The zero-order valence-electron chi connectivity index (χ0n) is 12.6. The third kappa shape index (κ3) is 5.96. The molecule has 0 aliphatic heterocycles. The molecule has 0 fully saturated rings. The maximum Gasteiger partial charge on any atom is 0.471 e. The minimum atomic E-state index is -4.99. The normalized spacial score (nSPS) is 11.4. The van der Waals surface area contributed by atoms with E-state index in [4.69, 9.17) is 11.6 Å². The monoisotopic (exact) mass is 368 g/mol. The molecule has 2 amide bonds. The number of halogens is 4. The Morgan fingerprint density at radius 1 is 0.960 bits per heavy atom. The van der Waals surface area contributed by atoms with E-state index in [9.17, 15) is 22.8 Å². The summed E-state index contributed by atoms with van der Waals surface area (Å²) in [4.78, 5) is 22.8. The SMILES string of the molecule is O=C(/C=C/c1ccc(Cl)cc1)Nc1cccc(NC(=O)C(F)(F)F)c1. The fourth-order valence-corrected chi connectivity index (χ4v) is 1.93. The number of hydrogen-bond donors (Lipinski definition) is 2. The van der Waals surface area contributed by atoms with Crippen molar-refractivity contribution in [3.8, 4) is 0 Å². The van der Waals surface area contributed by atoms with Crippen LogP contribution < -0.4 is 10.6 Å². The van der Waals surface area contributed by atoms with Gasteiger partial charge >= 0.3 is 12.1 Å². The predicted molar refractivity (Wildman–Crippen MR) is 90.2 cm³/mol. The van der Waals surface area contributed by atoms with Gasteiger partial charge in [0.15, 0.2) is 0 Å². The van der Waals surface area contributed by atoms with Crippen molar-refractivity contribution in [2.24, 2.45) is 0 Å². The summed E-state index contributed by atoms with van der Waals surface area (Å²) in [5.41, 5.74) is 0.915. The number of carbonyl (C=O) groups is 2. The van der Waals surface area contributed by atoms with Crippen molar-refractivity contribution in [1.29, 1.82) is 0 Å². The fraction of sp³-hybridized carbons (Fsp3) is 0.0588. The van der Waals surface area contributed by atoms with Gasteiger partial charge in [-0.1, -0.05) is 29.8 Å². The van der Waals surface area contributed by atoms with Gasteiger partial charge in [-0.3, -0.25) is 9.59 Å². The van der Waals surface area contributed by atoms with Crippen molar-refractivity contribution in [3.05, 3.63) is 65.2 Å². The highest BCUT2D eigenvalue weighted by Crippen LogP contribution is 2.20. The smallest absolute Gasteiger partial charge is 0.322 e. The van der Waals surface area contributed by atoms with Crippen LogP contribution >= 0.6 is 11.6 Å². The van der Waals surface area contributed by atoms with E-state index in [1.807, 2.05) is 0 Å². The van der Waals surface area contributed by atoms with E-state index in [-0.39, 0.29) is 11.4 Å². The molecule has 0 heterocycles. The zero-order valence-corrected chi connectivity index (χ0v) is 13.4. The van der Waals surface area contributed by atoms with Crippen molar-refractivity contribution in [3.63, 3.8) is 0 Å². The van der Waals surface area contributed by atoms with Crippen LogP contribution in [0.25, 0.3) is 6.08 Å². The first-order valence-corrected chi connectivity index (χ1v) is 7.35. The molecule has 4 nitrogen and oxygen atoms in total. The molecular weight excluding hydrogens is 357 g/mol. The number of benzene rings is 2. The van der Waals surface area contributed by atoms with Gasteiger partial charge in [-0.15, -0.1) is 0 Å². The lowest BCUT2D eigenvalue weighted by atomic mass is 10.2. The molecule has 8 heteroatoms. The molecule has 0 bridgehead atoms. The van der Waals surface area contributed by atoms with Crippen LogP contribution in [-0.2, 0) is 9.59 Å². The summed E-state index contributed by atoms with van der Waals surface area (Å²) in [5, 5.41) is 4.77. The summed E-state index contributed by atoms with van der Waals surface area (Å²) >= 11 is 5.76. The lowest BCUT2D eigenvalue weighted by Gasteiger charge is -2.09. The second-order valence-electron chi connectivity index (χ2n) is 4.91. The summed E-state index contributed by atoms with van der Waals surface area (Å²) in [6.45, 7) is 0. The number of alkyl halides is 3. The molecule has 0 unspecified atom stereocenters. The summed E-state index contributed by atoms with van der Waals surface area (Å²) in [7, 11) is 0. The zero-order chi connectivity index (χ0) is 18.4. The van der Waals surface area contributed by atoms with Crippen molar-refractivity contribution in [2.45, 2.75) is 6.18 Å². The second-order valence-corrected chi connectivity index (χ2v) is 5.34. The van der Waals surface area contributed by atoms with Crippen molar-refractivity contribution in [2.75, 3.05) is 10.6 Å². The maximum atomic E-state index is 12.2. The van der Waals surface area contributed by atoms with E-state index < -0.39 is 18.0 Å². The highest BCUT2D eigenvalue weighted by Gasteiger charge is 2.38. The van der Waals surface area contributed by atoms with Gasteiger partial charge in [-0.05, 0) is 42.0 Å².